The van der Waals surface area contributed by atoms with Crippen LogP contribution in [0.5, 0.6) is 0 Å². The molecule has 0 radical (unpaired) electrons. The minimum atomic E-state index is 0.432. The maximum Gasteiger partial charge on any atom is 0.0992 e. The van der Waals surface area contributed by atoms with Crippen LogP contribution < -0.4 is 5.32 Å². The molecule has 2 nitrogen and oxygen atoms in total. The van der Waals surface area contributed by atoms with E-state index in [9.17, 15) is 0 Å². The second-order valence-electron chi connectivity index (χ2n) is 7.20. The van der Waals surface area contributed by atoms with E-state index in [1.807, 2.05) is 18.2 Å². The molecule has 1 aliphatic carbocycles. The fourth-order valence-corrected chi connectivity index (χ4v) is 3.17. The van der Waals surface area contributed by atoms with Crippen molar-refractivity contribution in [2.24, 2.45) is 11.3 Å². The number of aryl methyl sites for hydroxylation is 1. The van der Waals surface area contributed by atoms with Gasteiger partial charge in [-0.05, 0) is 61.6 Å². The van der Waals surface area contributed by atoms with Gasteiger partial charge in [0.2, 0.25) is 0 Å². The molecule has 1 N–H and O–H groups in total. The van der Waals surface area contributed by atoms with Gasteiger partial charge >= 0.3 is 0 Å². The third-order valence-corrected chi connectivity index (χ3v) is 4.68. The zero-order valence-electron chi connectivity index (χ0n) is 13.2. The minimum Gasteiger partial charge on any atom is -0.382 e. The highest BCUT2D eigenvalue weighted by molar-refractivity contribution is 5.55. The van der Waals surface area contributed by atoms with Crippen LogP contribution in [0.4, 0.5) is 5.69 Å². The summed E-state index contributed by atoms with van der Waals surface area (Å²) in [5.74, 6) is 0.840. The highest BCUT2D eigenvalue weighted by Crippen LogP contribution is 2.38. The average Bonchev–Trinajstić information content (AvgIpc) is 2.41. The Kier molecular flexibility index (Phi) is 4.38. The van der Waals surface area contributed by atoms with E-state index in [0.717, 1.165) is 17.2 Å². The van der Waals surface area contributed by atoms with Gasteiger partial charge in [-0.1, -0.05) is 26.8 Å². The molecule has 0 unspecified atom stereocenters. The minimum absolute atomic E-state index is 0.432. The fourth-order valence-electron chi connectivity index (χ4n) is 3.17. The predicted molar refractivity (Wildman–Crippen MR) is 84.7 cm³/mol. The topological polar surface area (TPSA) is 35.8 Å². The summed E-state index contributed by atoms with van der Waals surface area (Å²) < 4.78 is 0. The number of hydrogen-bond donors (Lipinski definition) is 1. The van der Waals surface area contributed by atoms with Crippen molar-refractivity contribution in [3.8, 4) is 6.07 Å². The van der Waals surface area contributed by atoms with E-state index in [1.54, 1.807) is 0 Å². The molecule has 1 aromatic rings. The molecular weight excluding hydrogens is 244 g/mol. The Morgan fingerprint density at radius 3 is 2.35 bits per heavy atom. The molecule has 0 aliphatic heterocycles. The van der Waals surface area contributed by atoms with Gasteiger partial charge in [-0.2, -0.15) is 5.26 Å². The first-order valence-corrected chi connectivity index (χ1v) is 7.67. The second kappa shape index (κ2) is 5.87. The molecule has 2 rings (SSSR count). The normalized spacial score (nSPS) is 23.1. The van der Waals surface area contributed by atoms with E-state index >= 15 is 0 Å². The Labute approximate surface area is 123 Å². The van der Waals surface area contributed by atoms with Crippen LogP contribution in [-0.2, 0) is 0 Å². The summed E-state index contributed by atoms with van der Waals surface area (Å²) in [7, 11) is 0. The molecule has 1 aliphatic rings. The van der Waals surface area contributed by atoms with Crippen molar-refractivity contribution >= 4 is 5.69 Å². The van der Waals surface area contributed by atoms with Gasteiger partial charge in [0.05, 0.1) is 11.6 Å². The number of benzene rings is 1. The van der Waals surface area contributed by atoms with Crippen molar-refractivity contribution in [3.63, 3.8) is 0 Å². The van der Waals surface area contributed by atoms with Crippen LogP contribution in [0.2, 0.25) is 0 Å². The van der Waals surface area contributed by atoms with E-state index in [-0.39, 0.29) is 0 Å². The Morgan fingerprint density at radius 2 is 1.80 bits per heavy atom. The molecule has 1 aromatic carbocycles. The molecule has 0 aromatic heterocycles. The van der Waals surface area contributed by atoms with Crippen LogP contribution in [0.25, 0.3) is 0 Å². The molecule has 2 heteroatoms. The van der Waals surface area contributed by atoms with Gasteiger partial charge in [0.15, 0.2) is 0 Å². The van der Waals surface area contributed by atoms with Gasteiger partial charge in [-0.15, -0.1) is 0 Å². The average molecular weight is 270 g/mol. The number of nitrogens with zero attached hydrogens (tertiary/aromatic N) is 1. The second-order valence-corrected chi connectivity index (χ2v) is 7.20. The van der Waals surface area contributed by atoms with Gasteiger partial charge in [0.1, 0.15) is 0 Å². The summed E-state index contributed by atoms with van der Waals surface area (Å²) in [6, 6.07) is 8.67. The summed E-state index contributed by atoms with van der Waals surface area (Å²) in [4.78, 5) is 0. The highest BCUT2D eigenvalue weighted by Gasteiger charge is 2.29. The van der Waals surface area contributed by atoms with Gasteiger partial charge in [-0.3, -0.25) is 0 Å². The van der Waals surface area contributed by atoms with Gasteiger partial charge in [0, 0.05) is 11.7 Å². The van der Waals surface area contributed by atoms with Crippen LogP contribution in [0.3, 0.4) is 0 Å². The third kappa shape index (κ3) is 3.54. The molecule has 108 valence electrons. The first kappa shape index (κ1) is 14.9. The number of nitriles is 1. The molecule has 20 heavy (non-hydrogen) atoms. The maximum atomic E-state index is 9.01. The van der Waals surface area contributed by atoms with Crippen molar-refractivity contribution in [2.75, 3.05) is 5.32 Å². The molecule has 1 saturated carbocycles. The fraction of sp³-hybridized carbons (Fsp3) is 0.611. The van der Waals surface area contributed by atoms with E-state index in [1.165, 1.54) is 31.2 Å². The van der Waals surface area contributed by atoms with Gasteiger partial charge < -0.3 is 5.32 Å². The van der Waals surface area contributed by atoms with Crippen molar-refractivity contribution in [1.82, 2.24) is 0 Å². The quantitative estimate of drug-likeness (QED) is 0.831. The van der Waals surface area contributed by atoms with E-state index in [2.05, 4.69) is 39.1 Å². The Hall–Kier alpha value is -1.49. The lowest BCUT2D eigenvalue weighted by Crippen LogP contribution is -2.31. The zero-order valence-corrected chi connectivity index (χ0v) is 13.2. The lowest BCUT2D eigenvalue weighted by atomic mass is 9.71. The van der Waals surface area contributed by atoms with Crippen molar-refractivity contribution in [2.45, 2.75) is 59.4 Å². The third-order valence-electron chi connectivity index (χ3n) is 4.68. The van der Waals surface area contributed by atoms with E-state index in [0.29, 0.717) is 11.5 Å². The summed E-state index contributed by atoms with van der Waals surface area (Å²) in [6.45, 7) is 9.16. The van der Waals surface area contributed by atoms with Crippen LogP contribution in [-0.4, -0.2) is 6.04 Å². The highest BCUT2D eigenvalue weighted by atomic mass is 14.9. The number of rotatable bonds is 2. The SMILES string of the molecule is Cc1ccc(C#N)cc1NC1CCC(C(C)(C)C)CC1. The molecule has 1 fully saturated rings. The molecule has 0 amide bonds. The largest absolute Gasteiger partial charge is 0.382 e. The van der Waals surface area contributed by atoms with Crippen LogP contribution >= 0.6 is 0 Å². The van der Waals surface area contributed by atoms with Crippen molar-refractivity contribution in [3.05, 3.63) is 29.3 Å². The smallest absolute Gasteiger partial charge is 0.0992 e. The Balaban J connectivity index is 1.98. The van der Waals surface area contributed by atoms with E-state index < -0.39 is 0 Å². The van der Waals surface area contributed by atoms with Crippen molar-refractivity contribution < 1.29 is 0 Å². The first-order valence-electron chi connectivity index (χ1n) is 7.67. The lowest BCUT2D eigenvalue weighted by Gasteiger charge is -2.37. The Morgan fingerprint density at radius 1 is 1.15 bits per heavy atom. The van der Waals surface area contributed by atoms with Crippen molar-refractivity contribution in [1.29, 1.82) is 5.26 Å². The summed E-state index contributed by atoms with van der Waals surface area (Å²) >= 11 is 0. The van der Waals surface area contributed by atoms with E-state index in [4.69, 9.17) is 5.26 Å². The molecule has 0 heterocycles. The van der Waals surface area contributed by atoms with Crippen LogP contribution in [0, 0.1) is 29.6 Å². The van der Waals surface area contributed by atoms with Gasteiger partial charge in [0.25, 0.3) is 0 Å². The van der Waals surface area contributed by atoms with Gasteiger partial charge in [-0.25, -0.2) is 0 Å². The monoisotopic (exact) mass is 270 g/mol. The summed E-state index contributed by atoms with van der Waals surface area (Å²) in [6.07, 6.45) is 5.08. The standard InChI is InChI=1S/C18H26N2/c1-13-5-6-14(12-19)11-17(13)20-16-9-7-15(8-10-16)18(2,3)4/h5-6,11,15-16,20H,7-10H2,1-4H3. The zero-order chi connectivity index (χ0) is 14.8. The number of anilines is 1. The molecule has 0 atom stereocenters. The molecule has 0 bridgehead atoms. The predicted octanol–water partition coefficient (Wildman–Crippen LogP) is 4.88. The Bertz CT molecular complexity index is 497. The summed E-state index contributed by atoms with van der Waals surface area (Å²) in [5.41, 5.74) is 3.52. The first-order chi connectivity index (χ1) is 9.40. The summed E-state index contributed by atoms with van der Waals surface area (Å²) in [5, 5.41) is 12.7. The number of nitrogens with one attached hydrogen (secondary N) is 1. The molecule has 0 spiro atoms. The van der Waals surface area contributed by atoms with Crippen LogP contribution in [0.15, 0.2) is 18.2 Å². The molecular formula is C18H26N2. The maximum absolute atomic E-state index is 9.01. The van der Waals surface area contributed by atoms with Crippen LogP contribution in [0.1, 0.15) is 57.6 Å². The lowest BCUT2D eigenvalue weighted by molar-refractivity contribution is 0.173. The number of hydrogen-bond acceptors (Lipinski definition) is 2. The molecule has 0 saturated heterocycles.